The average molecular weight is 249 g/mol. The lowest BCUT2D eigenvalue weighted by Gasteiger charge is -2.36. The molecule has 1 heterocycles. The molecule has 2 atom stereocenters. The Kier molecular flexibility index (Phi) is 3.99. The minimum Gasteiger partial charge on any atom is -0.478 e. The molecular weight excluding hydrogens is 230 g/mol. The van der Waals surface area contributed by atoms with Crippen LogP contribution in [0.25, 0.3) is 0 Å². The molecule has 1 aromatic carbocycles. The smallest absolute Gasteiger partial charge is 0.335 e. The van der Waals surface area contributed by atoms with Crippen LogP contribution >= 0.6 is 0 Å². The predicted octanol–water partition coefficient (Wildman–Crippen LogP) is 1.73. The Morgan fingerprint density at radius 1 is 1.44 bits per heavy atom. The fraction of sp³-hybridized carbons (Fsp3) is 0.500. The molecule has 18 heavy (non-hydrogen) atoms. The number of carboxylic acid groups (broad SMARTS) is 1. The van der Waals surface area contributed by atoms with E-state index in [9.17, 15) is 9.90 Å². The number of hydrogen-bond acceptors (Lipinski definition) is 3. The maximum absolute atomic E-state index is 10.9. The summed E-state index contributed by atoms with van der Waals surface area (Å²) in [4.78, 5) is 13.1. The second-order valence-electron chi connectivity index (χ2n) is 5.02. The van der Waals surface area contributed by atoms with Gasteiger partial charge in [-0.15, -0.1) is 0 Å². The van der Waals surface area contributed by atoms with Gasteiger partial charge in [0.05, 0.1) is 11.7 Å². The molecule has 0 bridgehead atoms. The number of piperidine rings is 1. The average Bonchev–Trinajstić information content (AvgIpc) is 2.34. The van der Waals surface area contributed by atoms with Crippen molar-refractivity contribution in [3.05, 3.63) is 35.4 Å². The molecule has 2 rings (SSSR count). The number of hydrogen-bond donors (Lipinski definition) is 2. The first-order valence-electron chi connectivity index (χ1n) is 6.30. The predicted molar refractivity (Wildman–Crippen MR) is 68.5 cm³/mol. The quantitative estimate of drug-likeness (QED) is 0.856. The van der Waals surface area contributed by atoms with E-state index in [0.717, 1.165) is 18.4 Å². The van der Waals surface area contributed by atoms with Gasteiger partial charge in [0.2, 0.25) is 0 Å². The summed E-state index contributed by atoms with van der Waals surface area (Å²) < 4.78 is 0. The lowest BCUT2D eigenvalue weighted by molar-refractivity contribution is 0.0364. The Morgan fingerprint density at radius 3 is 2.94 bits per heavy atom. The number of nitrogens with zero attached hydrogens (tertiary/aromatic N) is 1. The fourth-order valence-electron chi connectivity index (χ4n) is 2.42. The van der Waals surface area contributed by atoms with Crippen molar-refractivity contribution in [1.82, 2.24) is 4.90 Å². The Balaban J connectivity index is 2.08. The van der Waals surface area contributed by atoms with Crippen molar-refractivity contribution in [2.45, 2.75) is 38.5 Å². The number of β-amino-alcohol motifs (C(OH)–C–C–N with tert-alkyl or cyclic N) is 1. The van der Waals surface area contributed by atoms with E-state index in [-0.39, 0.29) is 6.10 Å². The number of aliphatic hydroxyl groups is 1. The van der Waals surface area contributed by atoms with Gasteiger partial charge in [0.25, 0.3) is 0 Å². The highest BCUT2D eigenvalue weighted by atomic mass is 16.4. The van der Waals surface area contributed by atoms with Crippen molar-refractivity contribution < 1.29 is 15.0 Å². The monoisotopic (exact) mass is 249 g/mol. The molecule has 0 aromatic heterocycles. The molecule has 0 spiro atoms. The molecule has 98 valence electrons. The number of carboxylic acids is 1. The highest BCUT2D eigenvalue weighted by Gasteiger charge is 2.23. The van der Waals surface area contributed by atoms with Gasteiger partial charge in [-0.25, -0.2) is 4.79 Å². The topological polar surface area (TPSA) is 60.8 Å². The molecule has 1 aromatic rings. The number of rotatable bonds is 3. The van der Waals surface area contributed by atoms with Crippen LogP contribution in [-0.2, 0) is 6.54 Å². The maximum atomic E-state index is 10.9. The summed E-state index contributed by atoms with van der Waals surface area (Å²) in [6, 6.07) is 7.43. The molecular formula is C14H19NO3. The first kappa shape index (κ1) is 13.1. The molecule has 1 aliphatic heterocycles. The molecule has 0 saturated carbocycles. The van der Waals surface area contributed by atoms with Crippen molar-refractivity contribution in [3.8, 4) is 0 Å². The minimum atomic E-state index is -0.899. The van der Waals surface area contributed by atoms with Crippen LogP contribution in [0.2, 0.25) is 0 Å². The molecule has 0 aliphatic carbocycles. The van der Waals surface area contributed by atoms with Crippen molar-refractivity contribution in [2.75, 3.05) is 6.54 Å². The van der Waals surface area contributed by atoms with Crippen LogP contribution < -0.4 is 0 Å². The van der Waals surface area contributed by atoms with Gasteiger partial charge in [0.1, 0.15) is 0 Å². The Morgan fingerprint density at radius 2 is 2.22 bits per heavy atom. The second-order valence-corrected chi connectivity index (χ2v) is 5.02. The van der Waals surface area contributed by atoms with Gasteiger partial charge < -0.3 is 10.2 Å². The summed E-state index contributed by atoms with van der Waals surface area (Å²) in [5.74, 6) is -0.899. The lowest BCUT2D eigenvalue weighted by Crippen LogP contribution is -2.43. The Bertz CT molecular complexity index is 433. The number of likely N-dealkylation sites (tertiary alicyclic amines) is 1. The molecule has 0 radical (unpaired) electrons. The summed E-state index contributed by atoms with van der Waals surface area (Å²) in [6.45, 7) is 3.50. The first-order valence-corrected chi connectivity index (χ1v) is 6.30. The summed E-state index contributed by atoms with van der Waals surface area (Å²) in [6.07, 6.45) is 1.58. The normalized spacial score (nSPS) is 25.0. The van der Waals surface area contributed by atoms with Crippen LogP contribution in [-0.4, -0.2) is 39.8 Å². The van der Waals surface area contributed by atoms with Crippen LogP contribution in [0.3, 0.4) is 0 Å². The second kappa shape index (κ2) is 5.50. The van der Waals surface area contributed by atoms with Gasteiger partial charge in [0.15, 0.2) is 0 Å². The SMILES string of the molecule is C[C@@H]1CC[C@@H](O)CN1Cc1cccc(C(=O)O)c1. The largest absolute Gasteiger partial charge is 0.478 e. The van der Waals surface area contributed by atoms with Crippen molar-refractivity contribution in [1.29, 1.82) is 0 Å². The van der Waals surface area contributed by atoms with Crippen LogP contribution in [0.1, 0.15) is 35.7 Å². The minimum absolute atomic E-state index is 0.260. The summed E-state index contributed by atoms with van der Waals surface area (Å²) in [5.41, 5.74) is 1.30. The van der Waals surface area contributed by atoms with E-state index in [1.807, 2.05) is 6.07 Å². The summed E-state index contributed by atoms with van der Waals surface area (Å²) in [5, 5.41) is 18.6. The number of carbonyl (C=O) groups is 1. The lowest BCUT2D eigenvalue weighted by atomic mass is 10.0. The van der Waals surface area contributed by atoms with Crippen LogP contribution in [0.5, 0.6) is 0 Å². The molecule has 0 unspecified atom stereocenters. The Labute approximate surface area is 107 Å². The zero-order valence-electron chi connectivity index (χ0n) is 10.5. The summed E-state index contributed by atoms with van der Waals surface area (Å²) in [7, 11) is 0. The van der Waals surface area contributed by atoms with E-state index in [1.54, 1.807) is 18.2 Å². The third kappa shape index (κ3) is 3.09. The molecule has 0 amide bonds. The Hall–Kier alpha value is -1.39. The van der Waals surface area contributed by atoms with Gasteiger partial charge >= 0.3 is 5.97 Å². The van der Waals surface area contributed by atoms with Gasteiger partial charge in [-0.3, -0.25) is 4.90 Å². The fourth-order valence-corrected chi connectivity index (χ4v) is 2.42. The van der Waals surface area contributed by atoms with Crippen molar-refractivity contribution >= 4 is 5.97 Å². The van der Waals surface area contributed by atoms with Gasteiger partial charge in [-0.2, -0.15) is 0 Å². The number of aromatic carboxylic acids is 1. The van der Waals surface area contributed by atoms with E-state index in [4.69, 9.17) is 5.11 Å². The first-order chi connectivity index (χ1) is 8.56. The molecule has 1 aliphatic rings. The van der Waals surface area contributed by atoms with E-state index in [0.29, 0.717) is 24.7 Å². The zero-order valence-corrected chi connectivity index (χ0v) is 10.5. The van der Waals surface area contributed by atoms with Gasteiger partial charge in [-0.05, 0) is 37.5 Å². The van der Waals surface area contributed by atoms with Crippen molar-refractivity contribution in [3.63, 3.8) is 0 Å². The number of benzene rings is 1. The van der Waals surface area contributed by atoms with E-state index in [2.05, 4.69) is 11.8 Å². The van der Waals surface area contributed by atoms with E-state index >= 15 is 0 Å². The highest BCUT2D eigenvalue weighted by Crippen LogP contribution is 2.20. The molecule has 1 fully saturated rings. The van der Waals surface area contributed by atoms with E-state index < -0.39 is 5.97 Å². The standard InChI is InChI=1S/C14H19NO3/c1-10-5-6-13(16)9-15(10)8-11-3-2-4-12(7-11)14(17)18/h2-4,7,10,13,16H,5-6,8-9H2,1H3,(H,17,18)/t10-,13-/m1/s1. The third-order valence-corrected chi connectivity index (χ3v) is 3.55. The van der Waals surface area contributed by atoms with Crippen LogP contribution in [0.4, 0.5) is 0 Å². The molecule has 2 N–H and O–H groups in total. The van der Waals surface area contributed by atoms with Crippen LogP contribution in [0.15, 0.2) is 24.3 Å². The zero-order chi connectivity index (χ0) is 13.1. The summed E-state index contributed by atoms with van der Waals surface area (Å²) >= 11 is 0. The van der Waals surface area contributed by atoms with Gasteiger partial charge in [0, 0.05) is 19.1 Å². The highest BCUT2D eigenvalue weighted by molar-refractivity contribution is 5.87. The maximum Gasteiger partial charge on any atom is 0.335 e. The molecule has 4 heteroatoms. The third-order valence-electron chi connectivity index (χ3n) is 3.55. The van der Waals surface area contributed by atoms with Gasteiger partial charge in [-0.1, -0.05) is 12.1 Å². The molecule has 1 saturated heterocycles. The van der Waals surface area contributed by atoms with Crippen molar-refractivity contribution in [2.24, 2.45) is 0 Å². The van der Waals surface area contributed by atoms with E-state index in [1.165, 1.54) is 0 Å². The number of aliphatic hydroxyl groups excluding tert-OH is 1. The molecule has 4 nitrogen and oxygen atoms in total. The van der Waals surface area contributed by atoms with Crippen LogP contribution in [0, 0.1) is 0 Å².